The van der Waals surface area contributed by atoms with E-state index in [-0.39, 0.29) is 6.04 Å². The number of hydrogen-bond donors (Lipinski definition) is 1. The van der Waals surface area contributed by atoms with Crippen LogP contribution in [-0.4, -0.2) is 21.8 Å². The Kier molecular flexibility index (Phi) is 4.37. The first-order chi connectivity index (χ1) is 8.61. The monoisotopic (exact) mass is 328 g/mol. The van der Waals surface area contributed by atoms with E-state index < -0.39 is 0 Å². The number of nitrogens with one attached hydrogen (secondary N) is 1. The van der Waals surface area contributed by atoms with Gasteiger partial charge in [0, 0.05) is 29.0 Å². The molecule has 1 heterocycles. The Balaban J connectivity index is 2.28. The van der Waals surface area contributed by atoms with Gasteiger partial charge in [-0.3, -0.25) is 4.68 Å². The van der Waals surface area contributed by atoms with E-state index in [1.165, 1.54) is 0 Å². The van der Waals surface area contributed by atoms with Crippen LogP contribution in [0.5, 0.6) is 0 Å². The van der Waals surface area contributed by atoms with Crippen LogP contribution in [0, 0.1) is 0 Å². The smallest absolute Gasteiger partial charge is 0.138 e. The Bertz CT molecular complexity index is 541. The minimum absolute atomic E-state index is 0.140. The predicted molar refractivity (Wildman–Crippen MR) is 75.7 cm³/mol. The van der Waals surface area contributed by atoms with Gasteiger partial charge in [0.15, 0.2) is 0 Å². The second-order valence-corrected chi connectivity index (χ2v) is 5.30. The molecule has 0 aliphatic rings. The minimum atomic E-state index is 0.140. The lowest BCUT2D eigenvalue weighted by atomic mass is 10.0. The van der Waals surface area contributed by atoms with Crippen LogP contribution >= 0.6 is 27.5 Å². The fourth-order valence-electron chi connectivity index (χ4n) is 1.84. The van der Waals surface area contributed by atoms with Crippen molar-refractivity contribution in [2.75, 3.05) is 7.05 Å². The topological polar surface area (TPSA) is 42.7 Å². The van der Waals surface area contributed by atoms with Gasteiger partial charge in [-0.25, -0.2) is 4.98 Å². The molecule has 2 rings (SSSR count). The summed E-state index contributed by atoms with van der Waals surface area (Å²) < 4.78 is 2.82. The lowest BCUT2D eigenvalue weighted by molar-refractivity contribution is 0.551. The number of nitrogens with zero attached hydrogens (tertiary/aromatic N) is 3. The van der Waals surface area contributed by atoms with Crippen molar-refractivity contribution in [1.82, 2.24) is 20.1 Å². The van der Waals surface area contributed by atoms with Gasteiger partial charge < -0.3 is 5.32 Å². The molecule has 2 aromatic rings. The Morgan fingerprint density at radius 3 is 2.89 bits per heavy atom. The van der Waals surface area contributed by atoms with Crippen molar-refractivity contribution in [3.05, 3.63) is 45.4 Å². The third kappa shape index (κ3) is 2.91. The average molecular weight is 330 g/mol. The molecule has 0 aliphatic heterocycles. The number of halogens is 2. The van der Waals surface area contributed by atoms with E-state index in [0.717, 1.165) is 27.3 Å². The highest BCUT2D eigenvalue weighted by Gasteiger charge is 2.16. The van der Waals surface area contributed by atoms with Gasteiger partial charge in [0.25, 0.3) is 0 Å². The van der Waals surface area contributed by atoms with E-state index >= 15 is 0 Å². The Labute approximate surface area is 119 Å². The summed E-state index contributed by atoms with van der Waals surface area (Å²) in [7, 11) is 3.82. The fraction of sp³-hybridized carbons (Fsp3) is 0.333. The van der Waals surface area contributed by atoms with Crippen LogP contribution in [0.25, 0.3) is 0 Å². The maximum Gasteiger partial charge on any atom is 0.138 e. The van der Waals surface area contributed by atoms with Crippen LogP contribution in [-0.2, 0) is 13.5 Å². The first-order valence-electron chi connectivity index (χ1n) is 5.57. The SMILES string of the molecule is CNC(Cc1ncnn1C)c1cc(Cl)ccc1Br. The molecule has 0 radical (unpaired) electrons. The van der Waals surface area contributed by atoms with Crippen LogP contribution < -0.4 is 5.32 Å². The molecule has 0 aliphatic carbocycles. The lowest BCUT2D eigenvalue weighted by Gasteiger charge is -2.18. The molecule has 0 bridgehead atoms. The maximum atomic E-state index is 6.05. The molecule has 18 heavy (non-hydrogen) atoms. The standard InChI is InChI=1S/C12H14BrClN4/c1-15-11(6-12-16-7-17-18(12)2)9-5-8(14)3-4-10(9)13/h3-5,7,11,15H,6H2,1-2H3. The van der Waals surface area contributed by atoms with E-state index in [9.17, 15) is 0 Å². The molecule has 1 unspecified atom stereocenters. The highest BCUT2D eigenvalue weighted by Crippen LogP contribution is 2.28. The fourth-order valence-corrected chi connectivity index (χ4v) is 2.54. The molecule has 1 N–H and O–H groups in total. The first kappa shape index (κ1) is 13.5. The molecule has 0 amide bonds. The van der Waals surface area contributed by atoms with Crippen molar-refractivity contribution in [2.24, 2.45) is 7.05 Å². The third-order valence-electron chi connectivity index (χ3n) is 2.87. The van der Waals surface area contributed by atoms with Gasteiger partial charge in [-0.2, -0.15) is 5.10 Å². The summed E-state index contributed by atoms with van der Waals surface area (Å²) in [4.78, 5) is 4.24. The number of aryl methyl sites for hydroxylation is 1. The van der Waals surface area contributed by atoms with Gasteiger partial charge >= 0.3 is 0 Å². The van der Waals surface area contributed by atoms with Crippen LogP contribution in [0.4, 0.5) is 0 Å². The van der Waals surface area contributed by atoms with E-state index in [1.54, 1.807) is 11.0 Å². The van der Waals surface area contributed by atoms with Gasteiger partial charge in [-0.1, -0.05) is 27.5 Å². The molecule has 0 saturated carbocycles. The Morgan fingerprint density at radius 2 is 2.28 bits per heavy atom. The van der Waals surface area contributed by atoms with E-state index in [2.05, 4.69) is 31.3 Å². The van der Waals surface area contributed by atoms with Crippen molar-refractivity contribution >= 4 is 27.5 Å². The van der Waals surface area contributed by atoms with Crippen molar-refractivity contribution in [2.45, 2.75) is 12.5 Å². The molecule has 0 saturated heterocycles. The van der Waals surface area contributed by atoms with Crippen molar-refractivity contribution < 1.29 is 0 Å². The van der Waals surface area contributed by atoms with Crippen LogP contribution in [0.1, 0.15) is 17.4 Å². The van der Waals surface area contributed by atoms with Crippen LogP contribution in [0.3, 0.4) is 0 Å². The Hall–Kier alpha value is -0.910. The summed E-state index contributed by atoms with van der Waals surface area (Å²) >= 11 is 9.60. The second-order valence-electron chi connectivity index (χ2n) is 4.01. The number of rotatable bonds is 4. The molecular formula is C12H14BrClN4. The zero-order valence-corrected chi connectivity index (χ0v) is 12.5. The van der Waals surface area contributed by atoms with Gasteiger partial charge in [0.05, 0.1) is 0 Å². The zero-order valence-electron chi connectivity index (χ0n) is 10.2. The number of hydrogen-bond acceptors (Lipinski definition) is 3. The zero-order chi connectivity index (χ0) is 13.1. The molecule has 6 heteroatoms. The summed E-state index contributed by atoms with van der Waals surface area (Å²) in [6.45, 7) is 0. The second kappa shape index (κ2) is 5.82. The molecule has 0 spiro atoms. The summed E-state index contributed by atoms with van der Waals surface area (Å²) in [5.41, 5.74) is 1.12. The molecule has 1 aromatic carbocycles. The summed E-state index contributed by atoms with van der Waals surface area (Å²) in [6, 6.07) is 5.92. The molecule has 1 atom stereocenters. The summed E-state index contributed by atoms with van der Waals surface area (Å²) in [5.74, 6) is 0.932. The van der Waals surface area contributed by atoms with Crippen molar-refractivity contribution in [1.29, 1.82) is 0 Å². The van der Waals surface area contributed by atoms with E-state index in [4.69, 9.17) is 11.6 Å². The van der Waals surface area contributed by atoms with Gasteiger partial charge in [0.2, 0.25) is 0 Å². The molecule has 96 valence electrons. The molecule has 0 fully saturated rings. The number of likely N-dealkylation sites (N-methyl/N-ethyl adjacent to an activating group) is 1. The minimum Gasteiger partial charge on any atom is -0.313 e. The third-order valence-corrected chi connectivity index (χ3v) is 3.83. The molecule has 1 aromatic heterocycles. The highest BCUT2D eigenvalue weighted by atomic mass is 79.9. The van der Waals surface area contributed by atoms with Crippen molar-refractivity contribution in [3.63, 3.8) is 0 Å². The highest BCUT2D eigenvalue weighted by molar-refractivity contribution is 9.10. The first-order valence-corrected chi connectivity index (χ1v) is 6.74. The lowest BCUT2D eigenvalue weighted by Crippen LogP contribution is -2.21. The largest absolute Gasteiger partial charge is 0.313 e. The quantitative estimate of drug-likeness (QED) is 0.938. The van der Waals surface area contributed by atoms with Gasteiger partial charge in [-0.15, -0.1) is 0 Å². The van der Waals surface area contributed by atoms with E-state index in [0.29, 0.717) is 0 Å². The maximum absolute atomic E-state index is 6.05. The Morgan fingerprint density at radius 1 is 1.50 bits per heavy atom. The molecular weight excluding hydrogens is 316 g/mol. The van der Waals surface area contributed by atoms with E-state index in [1.807, 2.05) is 32.3 Å². The van der Waals surface area contributed by atoms with Crippen LogP contribution in [0.15, 0.2) is 29.0 Å². The van der Waals surface area contributed by atoms with Gasteiger partial charge in [0.1, 0.15) is 12.2 Å². The normalized spacial score (nSPS) is 12.7. The van der Waals surface area contributed by atoms with Crippen molar-refractivity contribution in [3.8, 4) is 0 Å². The summed E-state index contributed by atoms with van der Waals surface area (Å²) in [6.07, 6.45) is 2.32. The summed E-state index contributed by atoms with van der Waals surface area (Å²) in [5, 5.41) is 8.09. The average Bonchev–Trinajstić information content (AvgIpc) is 2.75. The number of aromatic nitrogens is 3. The van der Waals surface area contributed by atoms with Gasteiger partial charge in [-0.05, 0) is 30.8 Å². The predicted octanol–water partition coefficient (Wildman–Crippen LogP) is 2.73. The number of benzene rings is 1. The van der Waals surface area contributed by atoms with Crippen LogP contribution in [0.2, 0.25) is 5.02 Å². The molecule has 4 nitrogen and oxygen atoms in total.